The molecule has 0 aromatic rings. The lowest BCUT2D eigenvalue weighted by Crippen LogP contribution is -2.18. The minimum Gasteiger partial charge on any atom is -0.345 e. The summed E-state index contributed by atoms with van der Waals surface area (Å²) in [7, 11) is 3.37. The Bertz CT molecular complexity index is 198. The zero-order valence-electron chi connectivity index (χ0n) is 8.33. The van der Waals surface area contributed by atoms with Gasteiger partial charge in [0.15, 0.2) is 0 Å². The Labute approximate surface area is 78.9 Å². The Balaban J connectivity index is 0. The number of nitrogens with zero attached hydrogens (tertiary/aromatic N) is 1. The molecule has 0 rings (SSSR count). The van der Waals surface area contributed by atoms with Crippen LogP contribution in [0.25, 0.3) is 0 Å². The lowest BCUT2D eigenvalue weighted by atomic mass is 10.5. The van der Waals surface area contributed by atoms with Crippen molar-refractivity contribution >= 4 is 11.8 Å². The third-order valence-corrected chi connectivity index (χ3v) is 0.921. The molecule has 0 aliphatic heterocycles. The Morgan fingerprint density at radius 2 is 1.77 bits per heavy atom. The molecule has 0 spiro atoms. The molecule has 0 heterocycles. The Morgan fingerprint density at radius 1 is 1.31 bits per heavy atom. The van der Waals surface area contributed by atoms with Gasteiger partial charge in [-0.05, 0) is 12.3 Å². The summed E-state index contributed by atoms with van der Waals surface area (Å²) in [4.78, 5) is 21.6. The Morgan fingerprint density at radius 3 is 1.77 bits per heavy atom. The van der Waals surface area contributed by atoms with Crippen molar-refractivity contribution in [1.29, 1.82) is 0 Å². The second kappa shape index (κ2) is 8.52. The van der Waals surface area contributed by atoms with Gasteiger partial charge in [0, 0.05) is 21.0 Å². The molecule has 74 valence electrons. The van der Waals surface area contributed by atoms with E-state index in [9.17, 15) is 9.59 Å². The minimum atomic E-state index is -0.0787. The van der Waals surface area contributed by atoms with E-state index in [4.69, 9.17) is 0 Å². The molecule has 0 aromatic heterocycles. The average Bonchev–Trinajstić information content (AvgIpc) is 2.03. The van der Waals surface area contributed by atoms with Crippen LogP contribution in [0.2, 0.25) is 0 Å². The van der Waals surface area contributed by atoms with Gasteiger partial charge < -0.3 is 10.2 Å². The van der Waals surface area contributed by atoms with E-state index in [1.807, 2.05) is 0 Å². The predicted octanol–water partition coefficient (Wildman–Crippen LogP) is 0.527. The molecule has 13 heavy (non-hydrogen) atoms. The third kappa shape index (κ3) is 13.4. The van der Waals surface area contributed by atoms with Gasteiger partial charge in [-0.1, -0.05) is 13.2 Å². The zero-order valence-corrected chi connectivity index (χ0v) is 8.33. The van der Waals surface area contributed by atoms with Gasteiger partial charge in [-0.2, -0.15) is 0 Å². The number of carbonyl (C=O) groups is 2. The first kappa shape index (κ1) is 14.0. The smallest absolute Gasteiger partial charge is 0.245 e. The highest BCUT2D eigenvalue weighted by Crippen LogP contribution is 1.74. The van der Waals surface area contributed by atoms with E-state index in [-0.39, 0.29) is 11.8 Å². The lowest BCUT2D eigenvalue weighted by Gasteiger charge is -2.03. The largest absolute Gasteiger partial charge is 0.345 e. The van der Waals surface area contributed by atoms with Crippen molar-refractivity contribution in [3.63, 3.8) is 0 Å². The molecule has 0 fully saturated rings. The van der Waals surface area contributed by atoms with Crippen molar-refractivity contribution in [3.05, 3.63) is 25.4 Å². The fraction of sp³-hybridized carbons (Fsp3) is 0.333. The summed E-state index contributed by atoms with van der Waals surface area (Å²) in [5, 5.41) is 2.33. The summed E-state index contributed by atoms with van der Waals surface area (Å²) in [5.41, 5.74) is 0. The van der Waals surface area contributed by atoms with E-state index in [1.165, 1.54) is 24.1 Å². The van der Waals surface area contributed by atoms with Crippen LogP contribution in [-0.2, 0) is 9.59 Å². The van der Waals surface area contributed by atoms with E-state index in [1.54, 1.807) is 14.1 Å². The minimum absolute atomic E-state index is 0.0556. The molecule has 2 amide bonds. The van der Waals surface area contributed by atoms with Crippen LogP contribution in [0.5, 0.6) is 0 Å². The quantitative estimate of drug-likeness (QED) is 0.636. The summed E-state index contributed by atoms with van der Waals surface area (Å²) < 4.78 is 0. The van der Waals surface area contributed by atoms with Crippen LogP contribution in [0.1, 0.15) is 6.92 Å². The monoisotopic (exact) mass is 184 g/mol. The lowest BCUT2D eigenvalue weighted by molar-refractivity contribution is -0.123. The van der Waals surface area contributed by atoms with Gasteiger partial charge in [0.1, 0.15) is 0 Å². The van der Waals surface area contributed by atoms with Crippen LogP contribution in [0.15, 0.2) is 25.4 Å². The fourth-order valence-corrected chi connectivity index (χ4v) is 0.326. The summed E-state index contributed by atoms with van der Waals surface area (Å²) in [6.07, 6.45) is 2.63. The molecule has 1 N–H and O–H groups in total. The van der Waals surface area contributed by atoms with Crippen molar-refractivity contribution in [1.82, 2.24) is 10.2 Å². The Hall–Kier alpha value is -1.58. The molecule has 0 atom stereocenters. The van der Waals surface area contributed by atoms with Crippen LogP contribution in [0.4, 0.5) is 0 Å². The summed E-state index contributed by atoms with van der Waals surface area (Å²) in [6, 6.07) is 0. The van der Waals surface area contributed by atoms with E-state index in [0.717, 1.165) is 0 Å². The van der Waals surface area contributed by atoms with Gasteiger partial charge >= 0.3 is 0 Å². The average molecular weight is 184 g/mol. The van der Waals surface area contributed by atoms with Gasteiger partial charge in [0.25, 0.3) is 0 Å². The maximum Gasteiger partial charge on any atom is 0.245 e. The molecule has 4 nitrogen and oxygen atoms in total. The second-order valence-electron chi connectivity index (χ2n) is 2.34. The number of carbonyl (C=O) groups excluding carboxylic acids is 2. The number of rotatable bonds is 2. The van der Waals surface area contributed by atoms with Gasteiger partial charge in [-0.15, -0.1) is 0 Å². The van der Waals surface area contributed by atoms with E-state index in [0.29, 0.717) is 0 Å². The van der Waals surface area contributed by atoms with E-state index >= 15 is 0 Å². The first-order valence-corrected chi connectivity index (χ1v) is 3.67. The van der Waals surface area contributed by atoms with Crippen LogP contribution in [0, 0.1) is 0 Å². The van der Waals surface area contributed by atoms with Gasteiger partial charge in [0.05, 0.1) is 0 Å². The SMILES string of the molecule is C=CC(=O)N(C)C.C=CNC(C)=O. The maximum absolute atomic E-state index is 10.3. The topological polar surface area (TPSA) is 49.4 Å². The molecular weight excluding hydrogens is 168 g/mol. The molecule has 0 saturated carbocycles. The van der Waals surface area contributed by atoms with Crippen molar-refractivity contribution in [2.45, 2.75) is 6.92 Å². The van der Waals surface area contributed by atoms with E-state index < -0.39 is 0 Å². The highest BCUT2D eigenvalue weighted by Gasteiger charge is 1.91. The summed E-state index contributed by atoms with van der Waals surface area (Å²) in [6.45, 7) is 7.99. The number of hydrogen-bond donors (Lipinski definition) is 1. The maximum atomic E-state index is 10.3. The number of likely N-dealkylation sites (N-methyl/N-ethyl adjacent to an activating group) is 1. The van der Waals surface area contributed by atoms with Crippen LogP contribution in [-0.4, -0.2) is 30.8 Å². The van der Waals surface area contributed by atoms with Gasteiger partial charge in [-0.3, -0.25) is 9.59 Å². The number of nitrogens with one attached hydrogen (secondary N) is 1. The van der Waals surface area contributed by atoms with E-state index in [2.05, 4.69) is 18.5 Å². The molecular formula is C9H16N2O2. The molecule has 0 aliphatic carbocycles. The first-order valence-electron chi connectivity index (χ1n) is 3.67. The fourth-order valence-electron chi connectivity index (χ4n) is 0.326. The number of hydrogen-bond acceptors (Lipinski definition) is 2. The van der Waals surface area contributed by atoms with Gasteiger partial charge in [0.2, 0.25) is 11.8 Å². The van der Waals surface area contributed by atoms with Crippen LogP contribution >= 0.6 is 0 Å². The highest BCUT2D eigenvalue weighted by molar-refractivity contribution is 5.86. The molecule has 0 bridgehead atoms. The summed E-state index contributed by atoms with van der Waals surface area (Å²) in [5.74, 6) is -0.134. The van der Waals surface area contributed by atoms with Crippen molar-refractivity contribution in [2.24, 2.45) is 0 Å². The summed E-state index contributed by atoms with van der Waals surface area (Å²) >= 11 is 0. The van der Waals surface area contributed by atoms with Crippen molar-refractivity contribution in [2.75, 3.05) is 14.1 Å². The molecule has 0 unspecified atom stereocenters. The predicted molar refractivity (Wildman–Crippen MR) is 52.9 cm³/mol. The van der Waals surface area contributed by atoms with Crippen molar-refractivity contribution < 1.29 is 9.59 Å². The third-order valence-electron chi connectivity index (χ3n) is 0.921. The van der Waals surface area contributed by atoms with Gasteiger partial charge in [-0.25, -0.2) is 0 Å². The normalized spacial score (nSPS) is 7.31. The zero-order chi connectivity index (χ0) is 10.9. The molecule has 0 radical (unpaired) electrons. The molecule has 0 aromatic carbocycles. The highest BCUT2D eigenvalue weighted by atomic mass is 16.2. The van der Waals surface area contributed by atoms with Crippen LogP contribution < -0.4 is 5.32 Å². The standard InChI is InChI=1S/C5H9NO.C4H7NO/c1-4-5(7)6(2)3;1-3-5-4(2)6/h4H,1H2,2-3H3;3H,1H2,2H3,(H,5,6). The molecule has 0 aliphatic rings. The number of amides is 2. The second-order valence-corrected chi connectivity index (χ2v) is 2.34. The Kier molecular flexibility index (Phi) is 9.15. The molecule has 4 heteroatoms. The first-order chi connectivity index (χ1) is 5.95. The van der Waals surface area contributed by atoms with Crippen molar-refractivity contribution in [3.8, 4) is 0 Å². The van der Waals surface area contributed by atoms with Crippen LogP contribution in [0.3, 0.4) is 0 Å². The molecule has 0 saturated heterocycles.